The Morgan fingerprint density at radius 3 is 2.29 bits per heavy atom. The predicted molar refractivity (Wildman–Crippen MR) is 92.0 cm³/mol. The van der Waals surface area contributed by atoms with E-state index in [0.29, 0.717) is 11.3 Å². The molecular formula is C17H11Br2NO. The van der Waals surface area contributed by atoms with E-state index in [2.05, 4.69) is 36.8 Å². The molecule has 0 aliphatic rings. The van der Waals surface area contributed by atoms with Crippen LogP contribution in [0, 0.1) is 0 Å². The third-order valence-electron chi connectivity index (χ3n) is 3.24. The molecule has 0 saturated carbocycles. The molecule has 1 heterocycles. The van der Waals surface area contributed by atoms with Crippen molar-refractivity contribution < 1.29 is 4.79 Å². The van der Waals surface area contributed by atoms with Crippen LogP contribution in [0.5, 0.6) is 0 Å². The lowest BCUT2D eigenvalue weighted by atomic mass is 10.1. The normalized spacial score (nSPS) is 11.5. The predicted octanol–water partition coefficient (Wildman–Crippen LogP) is 5.06. The molecule has 0 aliphatic carbocycles. The Morgan fingerprint density at radius 1 is 0.857 bits per heavy atom. The van der Waals surface area contributed by atoms with Crippen LogP contribution in [0.4, 0.5) is 0 Å². The second kappa shape index (κ2) is 5.70. The number of carbonyl (C=O) groups excluding carboxylic acids is 1. The highest BCUT2D eigenvalue weighted by Crippen LogP contribution is 2.40. The summed E-state index contributed by atoms with van der Waals surface area (Å²) in [6.07, 6.45) is 0. The third-order valence-corrected chi connectivity index (χ3v) is 4.77. The number of Topliss-reactive ketones (excluding diaryl/α,β-unsaturated/α-hetero) is 1. The van der Waals surface area contributed by atoms with E-state index in [1.165, 1.54) is 0 Å². The van der Waals surface area contributed by atoms with Crippen LogP contribution in [0.2, 0.25) is 0 Å². The van der Waals surface area contributed by atoms with Crippen molar-refractivity contribution in [2.45, 2.75) is 3.23 Å². The molecule has 104 valence electrons. The van der Waals surface area contributed by atoms with Gasteiger partial charge in [0.2, 0.25) is 0 Å². The van der Waals surface area contributed by atoms with Crippen LogP contribution in [-0.2, 0) is 3.23 Å². The minimum absolute atomic E-state index is 0.0779. The molecule has 0 saturated heterocycles. The van der Waals surface area contributed by atoms with Gasteiger partial charge in [-0.3, -0.25) is 4.79 Å². The molecule has 0 bridgehead atoms. The number of benzene rings is 2. The van der Waals surface area contributed by atoms with Gasteiger partial charge in [0.1, 0.15) is 0 Å². The van der Waals surface area contributed by atoms with E-state index in [9.17, 15) is 4.79 Å². The number of hydrogen-bond donors (Lipinski definition) is 0. The first-order valence-corrected chi connectivity index (χ1v) is 8.01. The van der Waals surface area contributed by atoms with E-state index >= 15 is 0 Å². The van der Waals surface area contributed by atoms with E-state index in [-0.39, 0.29) is 5.78 Å². The number of pyridine rings is 1. The Morgan fingerprint density at radius 2 is 1.52 bits per heavy atom. The minimum Gasteiger partial charge on any atom is -0.291 e. The Balaban J connectivity index is 2.05. The van der Waals surface area contributed by atoms with Gasteiger partial charge >= 0.3 is 0 Å². The van der Waals surface area contributed by atoms with Gasteiger partial charge in [0.15, 0.2) is 9.02 Å². The van der Waals surface area contributed by atoms with E-state index < -0.39 is 3.23 Å². The van der Waals surface area contributed by atoms with Crippen LogP contribution in [0.3, 0.4) is 0 Å². The second-order valence-corrected chi connectivity index (χ2v) is 8.10. The summed E-state index contributed by atoms with van der Waals surface area (Å²) in [7, 11) is 0. The monoisotopic (exact) mass is 403 g/mol. The molecule has 0 spiro atoms. The van der Waals surface area contributed by atoms with E-state index in [1.807, 2.05) is 54.6 Å². The van der Waals surface area contributed by atoms with Crippen LogP contribution >= 0.6 is 31.9 Å². The third kappa shape index (κ3) is 2.78. The topological polar surface area (TPSA) is 30.0 Å². The number of alkyl halides is 2. The molecule has 3 rings (SSSR count). The highest BCUT2D eigenvalue weighted by atomic mass is 79.9. The number of ketones is 1. The standard InChI is InChI=1S/C17H11Br2NO/c18-17(19,16(21)13-7-2-1-3-8-13)15-11-10-12-6-4-5-9-14(12)20-15/h1-11H. The number of aromatic nitrogens is 1. The van der Waals surface area contributed by atoms with Crippen molar-refractivity contribution in [1.29, 1.82) is 0 Å². The van der Waals surface area contributed by atoms with Crippen molar-refractivity contribution in [2.24, 2.45) is 0 Å². The van der Waals surface area contributed by atoms with Gasteiger partial charge in [-0.05, 0) is 12.1 Å². The molecule has 0 fully saturated rings. The minimum atomic E-state index is -1.02. The number of para-hydroxylation sites is 1. The lowest BCUT2D eigenvalue weighted by Crippen LogP contribution is -2.23. The number of halogens is 2. The maximum atomic E-state index is 12.7. The molecule has 0 amide bonds. The number of rotatable bonds is 3. The van der Waals surface area contributed by atoms with Crippen molar-refractivity contribution in [2.75, 3.05) is 0 Å². The molecule has 0 N–H and O–H groups in total. The fourth-order valence-electron chi connectivity index (χ4n) is 2.13. The van der Waals surface area contributed by atoms with Gasteiger partial charge < -0.3 is 0 Å². The first-order chi connectivity index (χ1) is 10.1. The van der Waals surface area contributed by atoms with Gasteiger partial charge in [0, 0.05) is 10.9 Å². The van der Waals surface area contributed by atoms with Gasteiger partial charge in [0.05, 0.1) is 11.2 Å². The van der Waals surface area contributed by atoms with Crippen molar-refractivity contribution >= 4 is 48.5 Å². The lowest BCUT2D eigenvalue weighted by molar-refractivity contribution is 0.0981. The van der Waals surface area contributed by atoms with E-state index in [1.54, 1.807) is 12.1 Å². The molecule has 21 heavy (non-hydrogen) atoms. The molecule has 2 nitrogen and oxygen atoms in total. The summed E-state index contributed by atoms with van der Waals surface area (Å²) in [6, 6.07) is 20.8. The Kier molecular flexibility index (Phi) is 3.91. The highest BCUT2D eigenvalue weighted by Gasteiger charge is 2.36. The summed E-state index contributed by atoms with van der Waals surface area (Å²) in [5.41, 5.74) is 2.12. The zero-order valence-corrected chi connectivity index (χ0v) is 14.1. The summed E-state index contributed by atoms with van der Waals surface area (Å²) in [4.78, 5) is 17.2. The number of fused-ring (bicyclic) bond motifs is 1. The van der Waals surface area contributed by atoms with Crippen LogP contribution in [0.1, 0.15) is 16.1 Å². The highest BCUT2D eigenvalue weighted by molar-refractivity contribution is 9.25. The average Bonchev–Trinajstić information content (AvgIpc) is 2.54. The summed E-state index contributed by atoms with van der Waals surface area (Å²) in [5, 5.41) is 1.05. The van der Waals surface area contributed by atoms with Crippen LogP contribution in [0.25, 0.3) is 10.9 Å². The zero-order chi connectivity index (χ0) is 14.9. The Bertz CT molecular complexity index is 800. The molecule has 0 atom stereocenters. The average molecular weight is 405 g/mol. The van der Waals surface area contributed by atoms with Gasteiger partial charge in [-0.25, -0.2) is 4.98 Å². The molecule has 0 radical (unpaired) electrons. The van der Waals surface area contributed by atoms with Crippen LogP contribution in [-0.4, -0.2) is 10.8 Å². The Labute approximate surface area is 139 Å². The molecule has 3 aromatic rings. The van der Waals surface area contributed by atoms with Crippen molar-refractivity contribution in [3.63, 3.8) is 0 Å². The summed E-state index contributed by atoms with van der Waals surface area (Å²) in [6.45, 7) is 0. The van der Waals surface area contributed by atoms with E-state index in [0.717, 1.165) is 10.9 Å². The number of hydrogen-bond acceptors (Lipinski definition) is 2. The largest absolute Gasteiger partial charge is 0.291 e. The maximum absolute atomic E-state index is 12.7. The van der Waals surface area contributed by atoms with E-state index in [4.69, 9.17) is 0 Å². The van der Waals surface area contributed by atoms with Gasteiger partial charge in [-0.2, -0.15) is 0 Å². The molecular weight excluding hydrogens is 394 g/mol. The smallest absolute Gasteiger partial charge is 0.196 e. The number of nitrogens with zero attached hydrogens (tertiary/aromatic N) is 1. The molecule has 2 aromatic carbocycles. The molecule has 1 aromatic heterocycles. The first kappa shape index (κ1) is 14.4. The number of carbonyl (C=O) groups is 1. The van der Waals surface area contributed by atoms with Gasteiger partial charge in [-0.1, -0.05) is 86.5 Å². The van der Waals surface area contributed by atoms with Crippen LogP contribution < -0.4 is 0 Å². The van der Waals surface area contributed by atoms with Crippen molar-refractivity contribution in [1.82, 2.24) is 4.98 Å². The Hall–Kier alpha value is -1.52. The fourth-order valence-corrected chi connectivity index (χ4v) is 3.03. The molecule has 4 heteroatoms. The fraction of sp³-hybridized carbons (Fsp3) is 0.0588. The second-order valence-electron chi connectivity index (χ2n) is 4.66. The molecule has 0 aliphatic heterocycles. The lowest BCUT2D eigenvalue weighted by Gasteiger charge is -2.19. The summed E-state index contributed by atoms with van der Waals surface area (Å²) in [5.74, 6) is -0.0779. The zero-order valence-electron chi connectivity index (χ0n) is 11.0. The summed E-state index contributed by atoms with van der Waals surface area (Å²) >= 11 is 6.97. The SMILES string of the molecule is O=C(c1ccccc1)C(Br)(Br)c1ccc2ccccc2n1. The van der Waals surface area contributed by atoms with Gasteiger partial charge in [-0.15, -0.1) is 0 Å². The summed E-state index contributed by atoms with van der Waals surface area (Å²) < 4.78 is -1.02. The van der Waals surface area contributed by atoms with Crippen LogP contribution in [0.15, 0.2) is 66.7 Å². The quantitative estimate of drug-likeness (QED) is 0.451. The van der Waals surface area contributed by atoms with Crippen molar-refractivity contribution in [3.05, 3.63) is 78.0 Å². The van der Waals surface area contributed by atoms with Crippen molar-refractivity contribution in [3.8, 4) is 0 Å². The molecule has 0 unspecified atom stereocenters. The maximum Gasteiger partial charge on any atom is 0.196 e. The van der Waals surface area contributed by atoms with Gasteiger partial charge in [0.25, 0.3) is 0 Å². The first-order valence-electron chi connectivity index (χ1n) is 6.43.